The predicted molar refractivity (Wildman–Crippen MR) is 130 cm³/mol. The number of ether oxygens (including phenoxy) is 1. The van der Waals surface area contributed by atoms with E-state index in [0.717, 1.165) is 32.1 Å². The maximum absolute atomic E-state index is 13.2. The van der Waals surface area contributed by atoms with Crippen LogP contribution in [-0.4, -0.2) is 63.7 Å². The van der Waals surface area contributed by atoms with Crippen molar-refractivity contribution in [2.24, 2.45) is 23.7 Å². The third-order valence-electron chi connectivity index (χ3n) is 7.28. The number of carboxylic acid groups (broad SMARTS) is 3. The van der Waals surface area contributed by atoms with Gasteiger partial charge in [0.1, 0.15) is 11.8 Å². The highest BCUT2D eigenvalue weighted by Gasteiger charge is 2.54. The fourth-order valence-electron chi connectivity index (χ4n) is 5.49. The number of nitrogens with one attached hydrogen (secondary N) is 2. The number of amides is 2. The minimum absolute atomic E-state index is 0.00721. The second-order valence-corrected chi connectivity index (χ2v) is 9.80. The van der Waals surface area contributed by atoms with Gasteiger partial charge in [0.2, 0.25) is 11.8 Å². The Kier molecular flexibility index (Phi) is 9.48. The zero-order chi connectivity index (χ0) is 27.1. The first kappa shape index (κ1) is 27.9. The molecule has 0 aromatic heterocycles. The van der Waals surface area contributed by atoms with Gasteiger partial charge in [0.05, 0.1) is 11.8 Å². The Hall–Kier alpha value is -3.63. The third-order valence-corrected chi connectivity index (χ3v) is 7.28. The van der Waals surface area contributed by atoms with Gasteiger partial charge in [0, 0.05) is 13.0 Å². The van der Waals surface area contributed by atoms with E-state index in [2.05, 4.69) is 10.6 Å². The van der Waals surface area contributed by atoms with Gasteiger partial charge in [-0.1, -0.05) is 31.9 Å². The van der Waals surface area contributed by atoms with Crippen LogP contribution >= 0.6 is 0 Å². The molecule has 0 heterocycles. The van der Waals surface area contributed by atoms with Crippen LogP contribution in [0.15, 0.2) is 24.3 Å². The highest BCUT2D eigenvalue weighted by molar-refractivity contribution is 5.96. The lowest BCUT2D eigenvalue weighted by molar-refractivity contribution is -0.159. The molecule has 2 amide bonds. The average molecular weight is 519 g/mol. The summed E-state index contributed by atoms with van der Waals surface area (Å²) in [7, 11) is 0. The zero-order valence-corrected chi connectivity index (χ0v) is 20.7. The summed E-state index contributed by atoms with van der Waals surface area (Å²) in [6.45, 7) is 2.49. The SMILES string of the molecule is CCCCCNC(=O)C(Cc1ccc(OC(C(=O)O)C(=O)O)cc1)NC(=O)C1C2CCC(C2)[C@@H]1C(=O)O. The first-order valence-corrected chi connectivity index (χ1v) is 12.6. The van der Waals surface area contributed by atoms with Gasteiger partial charge in [-0.2, -0.15) is 0 Å². The second kappa shape index (κ2) is 12.6. The van der Waals surface area contributed by atoms with Gasteiger partial charge >= 0.3 is 17.9 Å². The molecule has 37 heavy (non-hydrogen) atoms. The van der Waals surface area contributed by atoms with Gasteiger partial charge < -0.3 is 30.7 Å². The molecule has 2 aliphatic rings. The molecule has 3 rings (SSSR count). The summed E-state index contributed by atoms with van der Waals surface area (Å²) in [5.74, 6) is -6.50. The summed E-state index contributed by atoms with van der Waals surface area (Å²) < 4.78 is 5.01. The molecule has 202 valence electrons. The van der Waals surface area contributed by atoms with Crippen molar-refractivity contribution in [3.63, 3.8) is 0 Å². The molecule has 11 heteroatoms. The molecule has 4 unspecified atom stereocenters. The first-order valence-electron chi connectivity index (χ1n) is 12.6. The van der Waals surface area contributed by atoms with E-state index in [4.69, 9.17) is 14.9 Å². The Morgan fingerprint density at radius 2 is 1.57 bits per heavy atom. The Morgan fingerprint density at radius 3 is 2.14 bits per heavy atom. The molecule has 2 bridgehead atoms. The number of rotatable bonds is 14. The van der Waals surface area contributed by atoms with E-state index < -0.39 is 47.8 Å². The molecule has 5 N–H and O–H groups in total. The Bertz CT molecular complexity index is 996. The molecule has 0 radical (unpaired) electrons. The van der Waals surface area contributed by atoms with Crippen molar-refractivity contribution in [2.45, 2.75) is 64.0 Å². The van der Waals surface area contributed by atoms with E-state index in [1.54, 1.807) is 12.1 Å². The molecule has 5 atom stereocenters. The van der Waals surface area contributed by atoms with Crippen molar-refractivity contribution < 1.29 is 44.0 Å². The number of carboxylic acids is 3. The number of aliphatic carboxylic acids is 3. The third kappa shape index (κ3) is 6.99. The summed E-state index contributed by atoms with van der Waals surface area (Å²) in [4.78, 5) is 60.2. The van der Waals surface area contributed by atoms with Gasteiger partial charge in [0.25, 0.3) is 6.10 Å². The van der Waals surface area contributed by atoms with Crippen molar-refractivity contribution in [3.05, 3.63) is 29.8 Å². The monoisotopic (exact) mass is 518 g/mol. The molecular formula is C26H34N2O9. The van der Waals surface area contributed by atoms with Crippen LogP contribution in [0.2, 0.25) is 0 Å². The van der Waals surface area contributed by atoms with Gasteiger partial charge in [-0.25, -0.2) is 9.59 Å². The van der Waals surface area contributed by atoms with E-state index in [0.29, 0.717) is 18.5 Å². The number of carbonyl (C=O) groups is 5. The number of hydrogen-bond acceptors (Lipinski definition) is 6. The molecular weight excluding hydrogens is 484 g/mol. The fourth-order valence-corrected chi connectivity index (χ4v) is 5.49. The Morgan fingerprint density at radius 1 is 0.946 bits per heavy atom. The minimum Gasteiger partial charge on any atom is -0.481 e. The van der Waals surface area contributed by atoms with Crippen LogP contribution in [0, 0.1) is 23.7 Å². The summed E-state index contributed by atoms with van der Waals surface area (Å²) in [6, 6.07) is 4.94. The summed E-state index contributed by atoms with van der Waals surface area (Å²) in [5, 5.41) is 33.3. The van der Waals surface area contributed by atoms with Crippen molar-refractivity contribution in [1.29, 1.82) is 0 Å². The summed E-state index contributed by atoms with van der Waals surface area (Å²) in [6.07, 6.45) is 3.06. The first-order chi connectivity index (χ1) is 17.6. The van der Waals surface area contributed by atoms with Gasteiger partial charge in [0.15, 0.2) is 0 Å². The Balaban J connectivity index is 1.72. The molecule has 2 saturated carbocycles. The van der Waals surface area contributed by atoms with Crippen LogP contribution < -0.4 is 15.4 Å². The molecule has 0 spiro atoms. The number of carbonyl (C=O) groups excluding carboxylic acids is 2. The molecule has 1 aromatic rings. The normalized spacial score (nSPS) is 22.9. The fraction of sp³-hybridized carbons (Fsp3) is 0.577. The van der Waals surface area contributed by atoms with Crippen molar-refractivity contribution >= 4 is 29.7 Å². The molecule has 0 aliphatic heterocycles. The van der Waals surface area contributed by atoms with Crippen molar-refractivity contribution in [1.82, 2.24) is 10.6 Å². The van der Waals surface area contributed by atoms with E-state index in [1.807, 2.05) is 6.92 Å². The summed E-state index contributed by atoms with van der Waals surface area (Å²) in [5.41, 5.74) is 0.617. The average Bonchev–Trinajstić information content (AvgIpc) is 3.47. The van der Waals surface area contributed by atoms with Gasteiger partial charge in [-0.05, 0) is 55.2 Å². The number of benzene rings is 1. The van der Waals surface area contributed by atoms with Crippen molar-refractivity contribution in [3.8, 4) is 5.75 Å². The zero-order valence-electron chi connectivity index (χ0n) is 20.7. The summed E-state index contributed by atoms with van der Waals surface area (Å²) >= 11 is 0. The predicted octanol–water partition coefficient (Wildman–Crippen LogP) is 1.68. The van der Waals surface area contributed by atoms with Crippen LogP contribution in [0.4, 0.5) is 0 Å². The topological polar surface area (TPSA) is 179 Å². The largest absolute Gasteiger partial charge is 0.481 e. The van der Waals surface area contributed by atoms with E-state index in [9.17, 15) is 29.1 Å². The van der Waals surface area contributed by atoms with E-state index >= 15 is 0 Å². The van der Waals surface area contributed by atoms with Crippen LogP contribution in [0.25, 0.3) is 0 Å². The lowest BCUT2D eigenvalue weighted by Crippen LogP contribution is -2.52. The molecule has 0 saturated heterocycles. The number of hydrogen-bond donors (Lipinski definition) is 5. The maximum atomic E-state index is 13.2. The number of unbranched alkanes of at least 4 members (excludes halogenated alkanes) is 2. The molecule has 1 aromatic carbocycles. The number of fused-ring (bicyclic) bond motifs is 2. The lowest BCUT2D eigenvalue weighted by Gasteiger charge is -2.29. The second-order valence-electron chi connectivity index (χ2n) is 9.80. The molecule has 11 nitrogen and oxygen atoms in total. The van der Waals surface area contributed by atoms with E-state index in [1.165, 1.54) is 12.1 Å². The highest BCUT2D eigenvalue weighted by atomic mass is 16.5. The maximum Gasteiger partial charge on any atom is 0.356 e. The van der Waals surface area contributed by atoms with Gasteiger partial charge in [-0.3, -0.25) is 14.4 Å². The van der Waals surface area contributed by atoms with Crippen LogP contribution in [-0.2, 0) is 30.4 Å². The van der Waals surface area contributed by atoms with Crippen molar-refractivity contribution in [2.75, 3.05) is 6.54 Å². The van der Waals surface area contributed by atoms with Crippen LogP contribution in [0.3, 0.4) is 0 Å². The molecule has 2 fully saturated rings. The van der Waals surface area contributed by atoms with Crippen LogP contribution in [0.5, 0.6) is 5.75 Å². The highest BCUT2D eigenvalue weighted by Crippen LogP contribution is 2.52. The van der Waals surface area contributed by atoms with E-state index in [-0.39, 0.29) is 29.9 Å². The molecule has 2 aliphatic carbocycles. The van der Waals surface area contributed by atoms with Crippen LogP contribution in [0.1, 0.15) is 51.0 Å². The minimum atomic E-state index is -2.06. The Labute approximate surface area is 214 Å². The smallest absolute Gasteiger partial charge is 0.356 e. The standard InChI is InChI=1S/C26H34N2O9/c1-2-3-4-11-27-22(29)18(28-23(30)19-15-7-8-16(13-15)20(19)24(31)32)12-14-5-9-17(10-6-14)37-21(25(33)34)26(35)36/h5-6,9-10,15-16,18-21H,2-4,7-8,11-13H2,1H3,(H,27,29)(H,28,30)(H,31,32)(H,33,34)(H,35,36)/t15?,16?,18?,19?,20-/m0/s1. The lowest BCUT2D eigenvalue weighted by atomic mass is 9.78. The van der Waals surface area contributed by atoms with Gasteiger partial charge in [-0.15, -0.1) is 0 Å². The quantitative estimate of drug-likeness (QED) is 0.181.